The van der Waals surface area contributed by atoms with Crippen LogP contribution in [0, 0.1) is 17.1 Å². The highest BCUT2D eigenvalue weighted by molar-refractivity contribution is 5.75. The molecule has 1 aromatic rings. The number of esters is 1. The van der Waals surface area contributed by atoms with E-state index in [-0.39, 0.29) is 12.0 Å². The van der Waals surface area contributed by atoms with Gasteiger partial charge in [-0.05, 0) is 30.2 Å². The summed E-state index contributed by atoms with van der Waals surface area (Å²) in [5.74, 6) is -1.09. The van der Waals surface area contributed by atoms with E-state index in [0.29, 0.717) is 5.56 Å². The number of nitrogens with zero attached hydrogens (tertiary/aromatic N) is 1. The van der Waals surface area contributed by atoms with Gasteiger partial charge in [0, 0.05) is 0 Å². The van der Waals surface area contributed by atoms with Gasteiger partial charge in [-0.25, -0.2) is 4.39 Å². The van der Waals surface area contributed by atoms with E-state index >= 15 is 0 Å². The lowest BCUT2D eigenvalue weighted by Crippen LogP contribution is -2.33. The summed E-state index contributed by atoms with van der Waals surface area (Å²) >= 11 is 0. The molecule has 2 N–H and O–H groups in total. The minimum atomic E-state index is -0.849. The molecule has 16 heavy (non-hydrogen) atoms. The maximum Gasteiger partial charge on any atom is 0.322 e. The monoisotopic (exact) mass is 222 g/mol. The molecule has 1 atom stereocenters. The molecule has 0 amide bonds. The first-order valence-corrected chi connectivity index (χ1v) is 4.59. The summed E-state index contributed by atoms with van der Waals surface area (Å²) < 4.78 is 17.5. The fourth-order valence-corrected chi connectivity index (χ4v) is 1.32. The molecule has 84 valence electrons. The van der Waals surface area contributed by atoms with Crippen LogP contribution in [-0.4, -0.2) is 19.1 Å². The Morgan fingerprint density at radius 1 is 1.62 bits per heavy atom. The third-order valence-electron chi connectivity index (χ3n) is 2.05. The minimum absolute atomic E-state index is 0.138. The molecule has 0 aliphatic carbocycles. The van der Waals surface area contributed by atoms with Crippen molar-refractivity contribution in [1.82, 2.24) is 0 Å². The second kappa shape index (κ2) is 5.24. The maximum absolute atomic E-state index is 13.0. The molecule has 0 saturated carbocycles. The second-order valence-corrected chi connectivity index (χ2v) is 3.29. The zero-order valence-electron chi connectivity index (χ0n) is 8.74. The number of benzene rings is 1. The first-order chi connectivity index (χ1) is 7.56. The molecule has 1 rings (SSSR count). The molecule has 1 aromatic carbocycles. The van der Waals surface area contributed by atoms with Gasteiger partial charge in [-0.2, -0.15) is 5.26 Å². The van der Waals surface area contributed by atoms with Crippen LogP contribution in [0.25, 0.3) is 0 Å². The van der Waals surface area contributed by atoms with Crippen LogP contribution < -0.4 is 5.73 Å². The van der Waals surface area contributed by atoms with Gasteiger partial charge < -0.3 is 10.5 Å². The van der Waals surface area contributed by atoms with Crippen LogP contribution in [-0.2, 0) is 16.0 Å². The molecule has 0 radical (unpaired) electrons. The van der Waals surface area contributed by atoms with E-state index in [0.717, 1.165) is 6.07 Å². The first-order valence-electron chi connectivity index (χ1n) is 4.59. The Morgan fingerprint density at radius 2 is 2.31 bits per heavy atom. The molecule has 5 heteroatoms. The number of hydrogen-bond donors (Lipinski definition) is 1. The van der Waals surface area contributed by atoms with Crippen LogP contribution in [0.5, 0.6) is 0 Å². The molecule has 0 fully saturated rings. The molecular formula is C11H11FN2O2. The van der Waals surface area contributed by atoms with E-state index in [2.05, 4.69) is 4.74 Å². The van der Waals surface area contributed by atoms with Crippen LogP contribution in [0.4, 0.5) is 4.39 Å². The standard InChI is InChI=1S/C11H11FN2O2/c1-16-11(15)10(14)5-7-2-8(6-13)4-9(12)3-7/h2-4,10H,5,14H2,1H3/t10-/m1/s1. The number of nitriles is 1. The van der Waals surface area contributed by atoms with Crippen molar-refractivity contribution in [3.63, 3.8) is 0 Å². The van der Waals surface area contributed by atoms with Crippen molar-refractivity contribution in [3.05, 3.63) is 35.1 Å². The summed E-state index contributed by atoms with van der Waals surface area (Å²) in [4.78, 5) is 11.0. The van der Waals surface area contributed by atoms with Gasteiger partial charge in [-0.1, -0.05) is 0 Å². The molecule has 0 aliphatic heterocycles. The number of carbonyl (C=O) groups excluding carboxylic acids is 1. The molecule has 0 saturated heterocycles. The Hall–Kier alpha value is -1.93. The summed E-state index contributed by atoms with van der Waals surface area (Å²) in [6.45, 7) is 0. The third-order valence-corrected chi connectivity index (χ3v) is 2.05. The van der Waals surface area contributed by atoms with Crippen LogP contribution >= 0.6 is 0 Å². The van der Waals surface area contributed by atoms with Crippen molar-refractivity contribution in [1.29, 1.82) is 5.26 Å². The molecule has 0 bridgehead atoms. The van der Waals surface area contributed by atoms with E-state index in [4.69, 9.17) is 11.0 Å². The van der Waals surface area contributed by atoms with Gasteiger partial charge in [0.25, 0.3) is 0 Å². The fourth-order valence-electron chi connectivity index (χ4n) is 1.32. The normalized spacial score (nSPS) is 11.6. The second-order valence-electron chi connectivity index (χ2n) is 3.29. The highest BCUT2D eigenvalue weighted by Crippen LogP contribution is 2.10. The van der Waals surface area contributed by atoms with Gasteiger partial charge in [-0.15, -0.1) is 0 Å². The first kappa shape index (κ1) is 12.1. The number of rotatable bonds is 3. The fraction of sp³-hybridized carbons (Fsp3) is 0.273. The van der Waals surface area contributed by atoms with E-state index in [1.165, 1.54) is 19.2 Å². The highest BCUT2D eigenvalue weighted by atomic mass is 19.1. The van der Waals surface area contributed by atoms with Gasteiger partial charge in [0.1, 0.15) is 11.9 Å². The van der Waals surface area contributed by atoms with Crippen LogP contribution in [0.15, 0.2) is 18.2 Å². The lowest BCUT2D eigenvalue weighted by atomic mass is 10.0. The summed E-state index contributed by atoms with van der Waals surface area (Å²) in [7, 11) is 1.23. The van der Waals surface area contributed by atoms with Crippen LogP contribution in [0.2, 0.25) is 0 Å². The summed E-state index contributed by atoms with van der Waals surface area (Å²) in [5.41, 5.74) is 6.22. The number of halogens is 1. The Kier molecular flexibility index (Phi) is 3.97. The Morgan fingerprint density at radius 3 is 2.88 bits per heavy atom. The molecule has 0 aliphatic rings. The predicted molar refractivity (Wildman–Crippen MR) is 54.8 cm³/mol. The van der Waals surface area contributed by atoms with Gasteiger partial charge in [-0.3, -0.25) is 4.79 Å². The van der Waals surface area contributed by atoms with Crippen molar-refractivity contribution in [2.75, 3.05) is 7.11 Å². The highest BCUT2D eigenvalue weighted by Gasteiger charge is 2.14. The van der Waals surface area contributed by atoms with Crippen LogP contribution in [0.1, 0.15) is 11.1 Å². The minimum Gasteiger partial charge on any atom is -0.468 e. The summed E-state index contributed by atoms with van der Waals surface area (Å²) in [6, 6.07) is 4.83. The molecule has 4 nitrogen and oxygen atoms in total. The quantitative estimate of drug-likeness (QED) is 0.765. The number of nitrogens with two attached hydrogens (primary N) is 1. The molecule has 0 unspecified atom stereocenters. The zero-order valence-corrected chi connectivity index (χ0v) is 8.74. The Bertz CT molecular complexity index is 440. The van der Waals surface area contributed by atoms with Crippen LogP contribution in [0.3, 0.4) is 0 Å². The largest absolute Gasteiger partial charge is 0.468 e. The molecule has 0 aromatic heterocycles. The van der Waals surface area contributed by atoms with Gasteiger partial charge >= 0.3 is 5.97 Å². The van der Waals surface area contributed by atoms with E-state index in [1.54, 1.807) is 0 Å². The predicted octanol–water partition coefficient (Wildman–Crippen LogP) is 0.740. The third kappa shape index (κ3) is 3.04. The lowest BCUT2D eigenvalue weighted by molar-refractivity contribution is -0.142. The van der Waals surface area contributed by atoms with Crippen molar-refractivity contribution in [3.8, 4) is 6.07 Å². The van der Waals surface area contributed by atoms with Crippen molar-refractivity contribution in [2.45, 2.75) is 12.5 Å². The van der Waals surface area contributed by atoms with Crippen molar-refractivity contribution < 1.29 is 13.9 Å². The lowest BCUT2D eigenvalue weighted by Gasteiger charge is -2.09. The Labute approximate surface area is 92.4 Å². The van der Waals surface area contributed by atoms with E-state index in [9.17, 15) is 9.18 Å². The molecule has 0 heterocycles. The SMILES string of the molecule is COC(=O)[C@H](N)Cc1cc(F)cc(C#N)c1. The number of carbonyl (C=O) groups is 1. The smallest absolute Gasteiger partial charge is 0.322 e. The average molecular weight is 222 g/mol. The molecular weight excluding hydrogens is 211 g/mol. The Balaban J connectivity index is 2.86. The number of ether oxygens (including phenoxy) is 1. The number of methoxy groups -OCH3 is 1. The summed E-state index contributed by atoms with van der Waals surface area (Å²) in [5, 5.41) is 8.64. The van der Waals surface area contributed by atoms with E-state index in [1.807, 2.05) is 6.07 Å². The maximum atomic E-state index is 13.0. The van der Waals surface area contributed by atoms with Gasteiger partial charge in [0.2, 0.25) is 0 Å². The summed E-state index contributed by atoms with van der Waals surface area (Å²) in [6.07, 6.45) is 0.138. The van der Waals surface area contributed by atoms with Gasteiger partial charge in [0.15, 0.2) is 0 Å². The van der Waals surface area contributed by atoms with Crippen molar-refractivity contribution in [2.24, 2.45) is 5.73 Å². The zero-order chi connectivity index (χ0) is 12.1. The number of hydrogen-bond acceptors (Lipinski definition) is 4. The van der Waals surface area contributed by atoms with Gasteiger partial charge in [0.05, 0.1) is 18.7 Å². The molecule has 0 spiro atoms. The average Bonchev–Trinajstić information content (AvgIpc) is 2.26. The topological polar surface area (TPSA) is 76.1 Å². The van der Waals surface area contributed by atoms with E-state index < -0.39 is 17.8 Å². The van der Waals surface area contributed by atoms with Crippen molar-refractivity contribution >= 4 is 5.97 Å².